The Bertz CT molecular complexity index is 470. The minimum Gasteiger partial charge on any atom is -0.394 e. The number of aliphatic hydroxyl groups excluding tert-OH is 3. The summed E-state index contributed by atoms with van der Waals surface area (Å²) in [5.74, 6) is 0.195. The van der Waals surface area contributed by atoms with Crippen LogP contribution in [0.3, 0.4) is 0 Å². The Morgan fingerprint density at radius 3 is 2.37 bits per heavy atom. The smallest absolute Gasteiger partial charge is 0.291 e. The Morgan fingerprint density at radius 2 is 1.95 bits per heavy atom. The van der Waals surface area contributed by atoms with Crippen LogP contribution in [-0.2, 0) is 0 Å². The van der Waals surface area contributed by atoms with E-state index in [9.17, 15) is 25.4 Å². The predicted molar refractivity (Wildman–Crippen MR) is 70.9 cm³/mol. The van der Waals surface area contributed by atoms with E-state index in [1.54, 1.807) is 0 Å². The summed E-state index contributed by atoms with van der Waals surface area (Å²) in [6, 6.07) is 0. The van der Waals surface area contributed by atoms with E-state index >= 15 is 0 Å². The number of nitro groups is 1. The third-order valence-electron chi connectivity index (χ3n) is 2.73. The van der Waals surface area contributed by atoms with Gasteiger partial charge in [0.1, 0.15) is 17.6 Å². The van der Waals surface area contributed by atoms with Gasteiger partial charge in [-0.25, -0.2) is 4.98 Å². The van der Waals surface area contributed by atoms with Crippen molar-refractivity contribution in [3.05, 3.63) is 26.3 Å². The maximum absolute atomic E-state index is 10.7. The highest BCUT2D eigenvalue weighted by Crippen LogP contribution is 2.31. The van der Waals surface area contributed by atoms with Gasteiger partial charge in [0.05, 0.1) is 29.2 Å². The van der Waals surface area contributed by atoms with Gasteiger partial charge in [-0.3, -0.25) is 10.1 Å². The summed E-state index contributed by atoms with van der Waals surface area (Å²) in [6.45, 7) is -0.0357. The minimum absolute atomic E-state index is 0.153. The van der Waals surface area contributed by atoms with Gasteiger partial charge < -0.3 is 20.6 Å². The van der Waals surface area contributed by atoms with E-state index < -0.39 is 30.3 Å². The first-order valence-corrected chi connectivity index (χ1v) is 6.10. The first-order valence-electron chi connectivity index (χ1n) is 5.31. The van der Waals surface area contributed by atoms with Crippen LogP contribution in [0.1, 0.15) is 5.56 Å². The molecule has 0 saturated carbocycles. The first kappa shape index (κ1) is 15.8. The van der Waals surface area contributed by atoms with Crippen molar-refractivity contribution in [1.29, 1.82) is 0 Å². The van der Waals surface area contributed by atoms with Crippen molar-refractivity contribution in [2.45, 2.75) is 12.5 Å². The Balaban J connectivity index is 3.16. The van der Waals surface area contributed by atoms with Crippen LogP contribution >= 0.6 is 15.9 Å². The van der Waals surface area contributed by atoms with Crippen molar-refractivity contribution >= 4 is 27.4 Å². The third kappa shape index (κ3) is 3.18. The number of aromatic nitrogens is 1. The minimum atomic E-state index is -1.35. The number of anilines is 1. The Kier molecular flexibility index (Phi) is 5.18. The van der Waals surface area contributed by atoms with E-state index in [2.05, 4.69) is 26.2 Å². The van der Waals surface area contributed by atoms with Crippen molar-refractivity contribution in [1.82, 2.24) is 4.98 Å². The van der Waals surface area contributed by atoms with Crippen LogP contribution in [0.4, 0.5) is 11.5 Å². The van der Waals surface area contributed by atoms with Gasteiger partial charge in [-0.1, -0.05) is 0 Å². The maximum Gasteiger partial charge on any atom is 0.291 e. The zero-order valence-corrected chi connectivity index (χ0v) is 11.7. The summed E-state index contributed by atoms with van der Waals surface area (Å²) in [5, 5.41) is 41.1. The van der Waals surface area contributed by atoms with Crippen molar-refractivity contribution in [3.63, 3.8) is 0 Å². The number of hydrogen-bond acceptors (Lipinski definition) is 7. The summed E-state index contributed by atoms with van der Waals surface area (Å²) in [6.07, 6.45) is 1.07. The highest BCUT2D eigenvalue weighted by atomic mass is 79.9. The number of hydrogen-bond donors (Lipinski definition) is 4. The van der Waals surface area contributed by atoms with Crippen LogP contribution in [0.2, 0.25) is 0 Å². The second-order valence-electron chi connectivity index (χ2n) is 4.07. The first-order chi connectivity index (χ1) is 8.90. The van der Waals surface area contributed by atoms with E-state index in [4.69, 9.17) is 0 Å². The molecule has 1 aromatic heterocycles. The van der Waals surface area contributed by atoms with E-state index in [-0.39, 0.29) is 11.5 Å². The molecule has 0 aliphatic rings. The quantitative estimate of drug-likeness (QED) is 0.431. The second-order valence-corrected chi connectivity index (χ2v) is 4.86. The van der Waals surface area contributed by atoms with Crippen LogP contribution in [0, 0.1) is 17.0 Å². The molecule has 0 amide bonds. The van der Waals surface area contributed by atoms with Gasteiger partial charge >= 0.3 is 0 Å². The molecule has 0 aliphatic heterocycles. The molecule has 1 aromatic rings. The lowest BCUT2D eigenvalue weighted by molar-refractivity contribution is -0.385. The zero-order chi connectivity index (χ0) is 14.6. The summed E-state index contributed by atoms with van der Waals surface area (Å²) >= 11 is 3.17. The lowest BCUT2D eigenvalue weighted by Gasteiger charge is -2.29. The average molecular weight is 336 g/mol. The predicted octanol–water partition coefficient (Wildman–Crippen LogP) is 0.188. The van der Waals surface area contributed by atoms with Crippen LogP contribution in [0.15, 0.2) is 10.7 Å². The fraction of sp³-hybridized carbons (Fsp3) is 0.500. The van der Waals surface area contributed by atoms with Crippen LogP contribution in [0.5, 0.6) is 0 Å². The molecule has 0 atom stereocenters. The molecule has 19 heavy (non-hydrogen) atoms. The molecule has 0 unspecified atom stereocenters. The zero-order valence-electron chi connectivity index (χ0n) is 10.1. The molecule has 0 bridgehead atoms. The van der Waals surface area contributed by atoms with Gasteiger partial charge in [-0.15, -0.1) is 0 Å². The highest BCUT2D eigenvalue weighted by Gasteiger charge is 2.30. The van der Waals surface area contributed by atoms with Gasteiger partial charge in [0.2, 0.25) is 0 Å². The van der Waals surface area contributed by atoms with Gasteiger partial charge in [-0.05, 0) is 22.9 Å². The molecule has 106 valence electrons. The third-order valence-corrected chi connectivity index (χ3v) is 3.70. The summed E-state index contributed by atoms with van der Waals surface area (Å²) in [7, 11) is 0. The van der Waals surface area contributed by atoms with Crippen molar-refractivity contribution in [2.24, 2.45) is 0 Å². The molecule has 8 nitrogen and oxygen atoms in total. The summed E-state index contributed by atoms with van der Waals surface area (Å²) < 4.78 is 0.335. The molecule has 4 N–H and O–H groups in total. The number of nitrogens with one attached hydrogen (secondary N) is 1. The number of pyridine rings is 1. The summed E-state index contributed by atoms with van der Waals surface area (Å²) in [5.41, 5.74) is -1.15. The number of nitrogens with zero attached hydrogens (tertiary/aromatic N) is 2. The SMILES string of the molecule is Cc1c([N+](=O)[O-])cnc(NC(CO)(CO)CO)c1Br. The molecule has 1 heterocycles. The van der Waals surface area contributed by atoms with Crippen molar-refractivity contribution in [2.75, 3.05) is 25.1 Å². The van der Waals surface area contributed by atoms with Crippen LogP contribution in [0.25, 0.3) is 0 Å². The largest absolute Gasteiger partial charge is 0.394 e. The fourth-order valence-corrected chi connectivity index (χ4v) is 1.76. The Morgan fingerprint density at radius 1 is 1.42 bits per heavy atom. The van der Waals surface area contributed by atoms with E-state index in [0.29, 0.717) is 10.0 Å². The molecule has 0 aromatic carbocycles. The van der Waals surface area contributed by atoms with Crippen LogP contribution in [-0.4, -0.2) is 50.6 Å². The normalized spacial score (nSPS) is 11.4. The Hall–Kier alpha value is -1.29. The molecule has 9 heteroatoms. The van der Waals surface area contributed by atoms with Crippen molar-refractivity contribution < 1.29 is 20.2 Å². The summed E-state index contributed by atoms with van der Waals surface area (Å²) in [4.78, 5) is 14.0. The average Bonchev–Trinajstić information content (AvgIpc) is 2.40. The molecular formula is C10H14BrN3O5. The molecule has 0 fully saturated rings. The maximum atomic E-state index is 10.7. The molecular weight excluding hydrogens is 322 g/mol. The molecule has 0 spiro atoms. The van der Waals surface area contributed by atoms with E-state index in [1.165, 1.54) is 6.92 Å². The van der Waals surface area contributed by atoms with Crippen LogP contribution < -0.4 is 5.32 Å². The van der Waals surface area contributed by atoms with E-state index in [1.807, 2.05) is 0 Å². The van der Waals surface area contributed by atoms with Gasteiger partial charge in [-0.2, -0.15) is 0 Å². The number of halogens is 1. The monoisotopic (exact) mass is 335 g/mol. The lowest BCUT2D eigenvalue weighted by atomic mass is 10.0. The molecule has 0 saturated heterocycles. The van der Waals surface area contributed by atoms with E-state index in [0.717, 1.165) is 6.20 Å². The topological polar surface area (TPSA) is 129 Å². The fourth-order valence-electron chi connectivity index (χ4n) is 1.36. The number of rotatable bonds is 6. The van der Waals surface area contributed by atoms with Gasteiger partial charge in [0, 0.05) is 5.56 Å². The highest BCUT2D eigenvalue weighted by molar-refractivity contribution is 9.10. The number of aliphatic hydroxyl groups is 3. The lowest BCUT2D eigenvalue weighted by Crippen LogP contribution is -2.49. The standard InChI is InChI=1S/C10H14BrN3O5/c1-6-7(14(18)19)2-12-9(8(6)11)13-10(3-15,4-16)5-17/h2,15-17H,3-5H2,1H3,(H,12,13). The molecule has 0 radical (unpaired) electrons. The second kappa shape index (κ2) is 6.24. The molecule has 0 aliphatic carbocycles. The molecule has 1 rings (SSSR count). The van der Waals surface area contributed by atoms with Gasteiger partial charge in [0.25, 0.3) is 5.69 Å². The van der Waals surface area contributed by atoms with Crippen molar-refractivity contribution in [3.8, 4) is 0 Å². The van der Waals surface area contributed by atoms with Gasteiger partial charge in [0.15, 0.2) is 0 Å². The Labute approximate surface area is 117 Å².